The second kappa shape index (κ2) is 6.34. The van der Waals surface area contributed by atoms with E-state index in [2.05, 4.69) is 10.3 Å². The van der Waals surface area contributed by atoms with E-state index in [0.29, 0.717) is 12.3 Å². The third-order valence-electron chi connectivity index (χ3n) is 4.53. The predicted octanol–water partition coefficient (Wildman–Crippen LogP) is 4.58. The topological polar surface area (TPSA) is 55.1 Å². The van der Waals surface area contributed by atoms with Crippen LogP contribution in [0.1, 0.15) is 38.4 Å². The molecule has 1 amide bonds. The first kappa shape index (κ1) is 14.8. The molecule has 2 atom stereocenters. The Morgan fingerprint density at radius 3 is 2.59 bits per heavy atom. The number of nitrogens with one attached hydrogen (secondary N) is 1. The molecule has 2 unspecified atom stereocenters. The number of anilines is 1. The molecule has 4 heteroatoms. The zero-order valence-electron chi connectivity index (χ0n) is 13.1. The molecule has 0 radical (unpaired) electrons. The third kappa shape index (κ3) is 3.38. The molecular weight excluding hydrogens is 276 g/mol. The Hall–Kier alpha value is -2.10. The van der Waals surface area contributed by atoms with Gasteiger partial charge < -0.3 is 9.73 Å². The number of fused-ring (bicyclic) bond motifs is 1. The standard InChI is InChI=1S/C12H12N2O2.C6H10.H2/c1-8-3-4-10(13-7-15)5-11(8)12-14-9(2)6-16-12;1-2-5-4-6(5)3-1;/h3-7H,1-2H3,(H,13,15);5-6H,1-4H2;1H. The van der Waals surface area contributed by atoms with Crippen LogP contribution in [0.3, 0.4) is 0 Å². The molecule has 1 aromatic heterocycles. The van der Waals surface area contributed by atoms with Crippen molar-refractivity contribution < 1.29 is 10.6 Å². The van der Waals surface area contributed by atoms with Gasteiger partial charge in [-0.1, -0.05) is 25.3 Å². The number of hydrogen-bond donors (Lipinski definition) is 1. The minimum atomic E-state index is 0. The summed E-state index contributed by atoms with van der Waals surface area (Å²) in [6.45, 7) is 3.84. The first-order valence-electron chi connectivity index (χ1n) is 7.90. The molecule has 0 aliphatic heterocycles. The van der Waals surface area contributed by atoms with Gasteiger partial charge in [0, 0.05) is 12.7 Å². The summed E-state index contributed by atoms with van der Waals surface area (Å²) in [7, 11) is 0. The molecule has 2 aliphatic rings. The van der Waals surface area contributed by atoms with Crippen molar-refractivity contribution in [3.63, 3.8) is 0 Å². The maximum absolute atomic E-state index is 10.4. The fraction of sp³-hybridized carbons (Fsp3) is 0.444. The summed E-state index contributed by atoms with van der Waals surface area (Å²) < 4.78 is 5.34. The second-order valence-corrected chi connectivity index (χ2v) is 6.27. The zero-order valence-corrected chi connectivity index (χ0v) is 13.1. The van der Waals surface area contributed by atoms with Crippen LogP contribution < -0.4 is 5.32 Å². The minimum Gasteiger partial charge on any atom is -0.444 e. The Labute approximate surface area is 132 Å². The van der Waals surface area contributed by atoms with Crippen molar-refractivity contribution >= 4 is 12.1 Å². The fourth-order valence-electron chi connectivity index (χ4n) is 3.15. The van der Waals surface area contributed by atoms with Crippen molar-refractivity contribution in [2.24, 2.45) is 11.8 Å². The Kier molecular flexibility index (Phi) is 4.27. The van der Waals surface area contributed by atoms with Gasteiger partial charge in [-0.15, -0.1) is 0 Å². The van der Waals surface area contributed by atoms with Crippen LogP contribution in [0, 0.1) is 25.7 Å². The lowest BCUT2D eigenvalue weighted by Crippen LogP contribution is -1.94. The number of aryl methyl sites for hydroxylation is 2. The van der Waals surface area contributed by atoms with Crippen molar-refractivity contribution in [2.45, 2.75) is 39.5 Å². The largest absolute Gasteiger partial charge is 0.444 e. The summed E-state index contributed by atoms with van der Waals surface area (Å²) in [5.41, 5.74) is 3.51. The summed E-state index contributed by atoms with van der Waals surface area (Å²) in [6, 6.07) is 5.60. The molecule has 0 saturated heterocycles. The average Bonchev–Trinajstić information content (AvgIpc) is 2.91. The van der Waals surface area contributed by atoms with E-state index in [1.807, 2.05) is 32.0 Å². The minimum absolute atomic E-state index is 0. The van der Waals surface area contributed by atoms with E-state index in [1.54, 1.807) is 25.5 Å². The van der Waals surface area contributed by atoms with Crippen molar-refractivity contribution in [2.75, 3.05) is 5.32 Å². The zero-order chi connectivity index (χ0) is 15.5. The molecule has 4 nitrogen and oxygen atoms in total. The molecule has 2 aromatic rings. The molecule has 2 fully saturated rings. The number of nitrogens with zero attached hydrogens (tertiary/aromatic N) is 1. The number of hydrogen-bond acceptors (Lipinski definition) is 3. The van der Waals surface area contributed by atoms with Gasteiger partial charge in [0.25, 0.3) is 0 Å². The average molecular weight is 300 g/mol. The van der Waals surface area contributed by atoms with Crippen LogP contribution >= 0.6 is 0 Å². The number of aromatic nitrogens is 1. The smallest absolute Gasteiger partial charge is 0.226 e. The summed E-state index contributed by atoms with van der Waals surface area (Å²) in [5.74, 6) is 3.00. The molecule has 1 aromatic carbocycles. The SMILES string of the molecule is C1CC2CC2C1.Cc1coc(-c2cc(NC=O)ccc2C)n1.[HH]. The summed E-state index contributed by atoms with van der Waals surface area (Å²) in [5, 5.41) is 2.60. The van der Waals surface area contributed by atoms with Gasteiger partial charge in [0.1, 0.15) is 6.26 Å². The highest BCUT2D eigenvalue weighted by Crippen LogP contribution is 2.51. The Bertz CT molecular complexity index is 661. The monoisotopic (exact) mass is 300 g/mol. The van der Waals surface area contributed by atoms with Gasteiger partial charge in [0.2, 0.25) is 12.3 Å². The van der Waals surface area contributed by atoms with Crippen LogP contribution in [0.25, 0.3) is 11.5 Å². The quantitative estimate of drug-likeness (QED) is 0.844. The molecule has 0 bridgehead atoms. The normalized spacial score (nSPS) is 21.5. The van der Waals surface area contributed by atoms with Crippen LogP contribution in [-0.4, -0.2) is 11.4 Å². The highest BCUT2D eigenvalue weighted by molar-refractivity contribution is 5.75. The maximum Gasteiger partial charge on any atom is 0.226 e. The van der Waals surface area contributed by atoms with E-state index < -0.39 is 0 Å². The lowest BCUT2D eigenvalue weighted by atomic mass is 10.1. The number of amides is 1. The number of oxazole rings is 1. The Balaban J connectivity index is 0.000000227. The van der Waals surface area contributed by atoms with Crippen molar-refractivity contribution in [1.29, 1.82) is 0 Å². The van der Waals surface area contributed by atoms with Crippen LogP contribution in [-0.2, 0) is 4.79 Å². The predicted molar refractivity (Wildman–Crippen MR) is 88.7 cm³/mol. The van der Waals surface area contributed by atoms with Crippen molar-refractivity contribution in [3.8, 4) is 11.5 Å². The van der Waals surface area contributed by atoms with Crippen LogP contribution in [0.2, 0.25) is 0 Å². The Morgan fingerprint density at radius 2 is 2.09 bits per heavy atom. The van der Waals surface area contributed by atoms with Crippen molar-refractivity contribution in [3.05, 3.63) is 35.7 Å². The molecule has 2 aliphatic carbocycles. The number of carbonyl (C=O) groups excluding carboxylic acids is 1. The van der Waals surface area contributed by atoms with E-state index in [0.717, 1.165) is 22.5 Å². The maximum atomic E-state index is 10.4. The number of benzene rings is 1. The molecule has 2 saturated carbocycles. The highest BCUT2D eigenvalue weighted by atomic mass is 16.3. The molecule has 22 heavy (non-hydrogen) atoms. The van der Waals surface area contributed by atoms with E-state index >= 15 is 0 Å². The van der Waals surface area contributed by atoms with E-state index in [1.165, 1.54) is 18.3 Å². The lowest BCUT2D eigenvalue weighted by Gasteiger charge is -2.04. The van der Waals surface area contributed by atoms with Gasteiger partial charge in [-0.25, -0.2) is 4.98 Å². The lowest BCUT2D eigenvalue weighted by molar-refractivity contribution is -0.105. The Morgan fingerprint density at radius 1 is 1.32 bits per heavy atom. The van der Waals surface area contributed by atoms with Gasteiger partial charge in [0.05, 0.1) is 5.69 Å². The van der Waals surface area contributed by atoms with Gasteiger partial charge in [-0.2, -0.15) is 0 Å². The van der Waals surface area contributed by atoms with Crippen LogP contribution in [0.5, 0.6) is 0 Å². The molecule has 1 N–H and O–H groups in total. The highest BCUT2D eigenvalue weighted by Gasteiger charge is 2.40. The number of carbonyl (C=O) groups is 1. The molecule has 118 valence electrons. The van der Waals surface area contributed by atoms with E-state index in [9.17, 15) is 4.79 Å². The third-order valence-corrected chi connectivity index (χ3v) is 4.53. The molecular formula is C18H24N2O2. The first-order chi connectivity index (χ1) is 10.7. The first-order valence-corrected chi connectivity index (χ1v) is 7.90. The molecule has 1 heterocycles. The fourth-order valence-corrected chi connectivity index (χ4v) is 3.15. The van der Waals surface area contributed by atoms with E-state index in [-0.39, 0.29) is 1.43 Å². The van der Waals surface area contributed by atoms with Gasteiger partial charge in [0.15, 0.2) is 0 Å². The van der Waals surface area contributed by atoms with Gasteiger partial charge in [-0.3, -0.25) is 4.79 Å². The van der Waals surface area contributed by atoms with Crippen molar-refractivity contribution in [1.82, 2.24) is 4.98 Å². The molecule has 4 rings (SSSR count). The summed E-state index contributed by atoms with van der Waals surface area (Å²) in [4.78, 5) is 14.6. The number of rotatable bonds is 3. The molecule has 0 spiro atoms. The van der Waals surface area contributed by atoms with Gasteiger partial charge in [-0.05, 0) is 49.8 Å². The van der Waals surface area contributed by atoms with Gasteiger partial charge >= 0.3 is 0 Å². The summed E-state index contributed by atoms with van der Waals surface area (Å²) >= 11 is 0. The van der Waals surface area contributed by atoms with Crippen LogP contribution in [0.15, 0.2) is 28.9 Å². The second-order valence-electron chi connectivity index (χ2n) is 6.27. The van der Waals surface area contributed by atoms with E-state index in [4.69, 9.17) is 4.42 Å². The summed E-state index contributed by atoms with van der Waals surface area (Å²) in [6.07, 6.45) is 8.49. The van der Waals surface area contributed by atoms with Crippen LogP contribution in [0.4, 0.5) is 5.69 Å².